The number of aromatic nitrogens is 2. The number of nitrogens with two attached hydrogens (primary N) is 1. The molecule has 0 fully saturated rings. The Labute approximate surface area is 102 Å². The van der Waals surface area contributed by atoms with Gasteiger partial charge >= 0.3 is 0 Å². The summed E-state index contributed by atoms with van der Waals surface area (Å²) in [7, 11) is 1.88. The number of aryl methyl sites for hydroxylation is 2. The summed E-state index contributed by atoms with van der Waals surface area (Å²) in [5.74, 6) is 0. The van der Waals surface area contributed by atoms with Crippen LogP contribution in [0.25, 0.3) is 0 Å². The van der Waals surface area contributed by atoms with Gasteiger partial charge in [-0.15, -0.1) is 0 Å². The monoisotopic (exact) mass is 245 g/mol. The molecule has 1 atom stereocenters. The average Bonchev–Trinajstić information content (AvgIpc) is 2.46. The lowest BCUT2D eigenvalue weighted by atomic mass is 10.1. The number of hydrogen-bond donors (Lipinski definition) is 1. The minimum Gasteiger partial charge on any atom is -0.380 e. The van der Waals surface area contributed by atoms with Crippen molar-refractivity contribution in [3.8, 4) is 0 Å². The van der Waals surface area contributed by atoms with E-state index in [0.717, 1.165) is 24.4 Å². The van der Waals surface area contributed by atoms with Gasteiger partial charge in [0.1, 0.15) is 0 Å². The number of ether oxygens (including phenoxy) is 1. The molecule has 5 heteroatoms. The molecule has 0 spiro atoms. The van der Waals surface area contributed by atoms with Gasteiger partial charge in [-0.05, 0) is 13.3 Å². The van der Waals surface area contributed by atoms with E-state index in [2.05, 4.69) is 12.0 Å². The molecule has 0 amide bonds. The molecule has 0 aliphatic carbocycles. The van der Waals surface area contributed by atoms with Crippen LogP contribution in [0.2, 0.25) is 5.02 Å². The average molecular weight is 246 g/mol. The fourth-order valence-corrected chi connectivity index (χ4v) is 1.83. The Bertz CT molecular complexity index is 338. The summed E-state index contributed by atoms with van der Waals surface area (Å²) >= 11 is 6.14. The van der Waals surface area contributed by atoms with Gasteiger partial charge < -0.3 is 10.5 Å². The van der Waals surface area contributed by atoms with Crippen LogP contribution < -0.4 is 5.73 Å². The first-order chi connectivity index (χ1) is 7.56. The lowest BCUT2D eigenvalue weighted by molar-refractivity contribution is 0.121. The highest BCUT2D eigenvalue weighted by Crippen LogP contribution is 2.20. The van der Waals surface area contributed by atoms with E-state index >= 15 is 0 Å². The maximum atomic E-state index is 6.14. The van der Waals surface area contributed by atoms with E-state index in [1.807, 2.05) is 14.0 Å². The van der Waals surface area contributed by atoms with Crippen molar-refractivity contribution >= 4 is 11.6 Å². The number of halogens is 1. The largest absolute Gasteiger partial charge is 0.380 e. The summed E-state index contributed by atoms with van der Waals surface area (Å²) in [4.78, 5) is 0. The predicted molar refractivity (Wildman–Crippen MR) is 65.7 cm³/mol. The molecule has 1 rings (SSSR count). The Morgan fingerprint density at radius 1 is 1.56 bits per heavy atom. The van der Waals surface area contributed by atoms with Crippen LogP contribution in [0.5, 0.6) is 0 Å². The summed E-state index contributed by atoms with van der Waals surface area (Å²) in [6, 6.07) is -0.0288. The molecule has 16 heavy (non-hydrogen) atoms. The minimum absolute atomic E-state index is 0.0288. The van der Waals surface area contributed by atoms with E-state index in [9.17, 15) is 0 Å². The molecule has 1 heterocycles. The normalized spacial score (nSPS) is 13.1. The van der Waals surface area contributed by atoms with Crippen LogP contribution >= 0.6 is 11.6 Å². The smallest absolute Gasteiger partial charge is 0.0847 e. The molecule has 2 N–H and O–H groups in total. The van der Waals surface area contributed by atoms with Gasteiger partial charge in [-0.1, -0.05) is 18.5 Å². The second kappa shape index (κ2) is 6.23. The van der Waals surface area contributed by atoms with Crippen molar-refractivity contribution in [2.45, 2.75) is 32.7 Å². The molecule has 0 bridgehead atoms. The van der Waals surface area contributed by atoms with E-state index in [1.165, 1.54) is 0 Å². The summed E-state index contributed by atoms with van der Waals surface area (Å²) in [6.45, 7) is 5.29. The van der Waals surface area contributed by atoms with Crippen molar-refractivity contribution in [1.82, 2.24) is 9.78 Å². The van der Waals surface area contributed by atoms with Crippen molar-refractivity contribution in [3.05, 3.63) is 16.4 Å². The Kier molecular flexibility index (Phi) is 5.25. The molecule has 0 aliphatic heterocycles. The standard InChI is InChI=1S/C11H20ClN3O/c1-4-5-16-7-9(13)6-10-11(12)8(2)14-15(10)3/h9H,4-7,13H2,1-3H3. The quantitative estimate of drug-likeness (QED) is 0.776. The summed E-state index contributed by atoms with van der Waals surface area (Å²) in [5, 5.41) is 4.96. The predicted octanol–water partition coefficient (Wildman–Crippen LogP) is 1.68. The fourth-order valence-electron chi connectivity index (χ4n) is 1.59. The van der Waals surface area contributed by atoms with Gasteiger partial charge in [0, 0.05) is 26.1 Å². The molecule has 0 saturated carbocycles. The maximum absolute atomic E-state index is 6.14. The third-order valence-corrected chi connectivity index (χ3v) is 2.89. The van der Waals surface area contributed by atoms with E-state index in [1.54, 1.807) is 4.68 Å². The Morgan fingerprint density at radius 2 is 2.25 bits per heavy atom. The number of hydrogen-bond acceptors (Lipinski definition) is 3. The topological polar surface area (TPSA) is 53.1 Å². The van der Waals surface area contributed by atoms with Gasteiger partial charge in [0.2, 0.25) is 0 Å². The van der Waals surface area contributed by atoms with Gasteiger partial charge in [-0.2, -0.15) is 5.10 Å². The third-order valence-electron chi connectivity index (χ3n) is 2.40. The van der Waals surface area contributed by atoms with Gasteiger partial charge in [0.25, 0.3) is 0 Å². The van der Waals surface area contributed by atoms with Gasteiger partial charge in [-0.3, -0.25) is 4.68 Å². The van der Waals surface area contributed by atoms with Gasteiger partial charge in [0.05, 0.1) is 23.0 Å². The van der Waals surface area contributed by atoms with Crippen LogP contribution in [0.4, 0.5) is 0 Å². The lowest BCUT2D eigenvalue weighted by Gasteiger charge is -2.12. The summed E-state index contributed by atoms with van der Waals surface area (Å²) in [6.07, 6.45) is 1.71. The van der Waals surface area contributed by atoms with Crippen LogP contribution in [0.15, 0.2) is 0 Å². The van der Waals surface area contributed by atoms with Crippen molar-refractivity contribution in [3.63, 3.8) is 0 Å². The lowest BCUT2D eigenvalue weighted by Crippen LogP contribution is -2.29. The zero-order chi connectivity index (χ0) is 12.1. The van der Waals surface area contributed by atoms with E-state index in [0.29, 0.717) is 18.1 Å². The molecule has 1 unspecified atom stereocenters. The zero-order valence-corrected chi connectivity index (χ0v) is 10.9. The highest BCUT2D eigenvalue weighted by Gasteiger charge is 2.14. The van der Waals surface area contributed by atoms with Crippen LogP contribution in [0.1, 0.15) is 24.7 Å². The molecule has 1 aromatic rings. The molecule has 92 valence electrons. The first kappa shape index (κ1) is 13.5. The Balaban J connectivity index is 2.52. The van der Waals surface area contributed by atoms with Crippen LogP contribution in [0, 0.1) is 6.92 Å². The molecule has 0 aliphatic rings. The maximum Gasteiger partial charge on any atom is 0.0847 e. The first-order valence-corrected chi connectivity index (χ1v) is 5.95. The molecular weight excluding hydrogens is 226 g/mol. The Hall–Kier alpha value is -0.580. The fraction of sp³-hybridized carbons (Fsp3) is 0.727. The second-order valence-corrected chi connectivity index (χ2v) is 4.39. The first-order valence-electron chi connectivity index (χ1n) is 5.57. The number of rotatable bonds is 6. The van der Waals surface area contributed by atoms with Crippen molar-refractivity contribution < 1.29 is 4.74 Å². The van der Waals surface area contributed by atoms with Crippen LogP contribution in [-0.4, -0.2) is 29.0 Å². The summed E-state index contributed by atoms with van der Waals surface area (Å²) in [5.41, 5.74) is 7.80. The second-order valence-electron chi connectivity index (χ2n) is 4.01. The molecule has 0 aromatic carbocycles. The van der Waals surface area contributed by atoms with Crippen molar-refractivity contribution in [1.29, 1.82) is 0 Å². The molecule has 0 radical (unpaired) electrons. The third kappa shape index (κ3) is 3.47. The van der Waals surface area contributed by atoms with Crippen LogP contribution in [-0.2, 0) is 18.2 Å². The van der Waals surface area contributed by atoms with E-state index in [-0.39, 0.29) is 6.04 Å². The summed E-state index contributed by atoms with van der Waals surface area (Å²) < 4.78 is 7.19. The Morgan fingerprint density at radius 3 is 2.75 bits per heavy atom. The highest BCUT2D eigenvalue weighted by molar-refractivity contribution is 6.31. The molecular formula is C11H20ClN3O. The number of nitrogens with zero attached hydrogens (tertiary/aromatic N) is 2. The molecule has 1 aromatic heterocycles. The van der Waals surface area contributed by atoms with Gasteiger partial charge in [-0.25, -0.2) is 0 Å². The molecule has 0 saturated heterocycles. The SMILES string of the molecule is CCCOCC(N)Cc1c(Cl)c(C)nn1C. The highest BCUT2D eigenvalue weighted by atomic mass is 35.5. The van der Waals surface area contributed by atoms with E-state index in [4.69, 9.17) is 22.1 Å². The zero-order valence-electron chi connectivity index (χ0n) is 10.2. The van der Waals surface area contributed by atoms with Crippen LogP contribution in [0.3, 0.4) is 0 Å². The van der Waals surface area contributed by atoms with E-state index < -0.39 is 0 Å². The van der Waals surface area contributed by atoms with Crippen molar-refractivity contribution in [2.75, 3.05) is 13.2 Å². The van der Waals surface area contributed by atoms with Crippen molar-refractivity contribution in [2.24, 2.45) is 12.8 Å². The minimum atomic E-state index is -0.0288. The van der Waals surface area contributed by atoms with Gasteiger partial charge in [0.15, 0.2) is 0 Å². The molecule has 4 nitrogen and oxygen atoms in total.